The molecular formula is C15H23N3O3. The van der Waals surface area contributed by atoms with E-state index < -0.39 is 0 Å². The summed E-state index contributed by atoms with van der Waals surface area (Å²) in [5.74, 6) is 1.24. The predicted molar refractivity (Wildman–Crippen MR) is 82.4 cm³/mol. The van der Waals surface area contributed by atoms with E-state index in [2.05, 4.69) is 20.4 Å². The van der Waals surface area contributed by atoms with E-state index in [1.807, 2.05) is 31.2 Å². The van der Waals surface area contributed by atoms with Crippen LogP contribution < -0.4 is 15.4 Å². The standard InChI is InChI=1S/C15H23N3O3/c1-4-16-15(17-9-8-14(19)21-3)18-11-12-6-5-7-13(10-12)20-2/h5-7,10H,4,8-9,11H2,1-3H3,(H2,16,17,18). The zero-order chi connectivity index (χ0) is 15.5. The first-order valence-electron chi connectivity index (χ1n) is 6.91. The van der Waals surface area contributed by atoms with Gasteiger partial charge in [0, 0.05) is 13.1 Å². The minimum absolute atomic E-state index is 0.244. The summed E-state index contributed by atoms with van der Waals surface area (Å²) in [4.78, 5) is 15.5. The van der Waals surface area contributed by atoms with Crippen molar-refractivity contribution < 1.29 is 14.3 Å². The van der Waals surface area contributed by atoms with Crippen molar-refractivity contribution >= 4 is 11.9 Å². The van der Waals surface area contributed by atoms with Crippen LogP contribution in [0.1, 0.15) is 18.9 Å². The number of hydrogen-bond donors (Lipinski definition) is 2. The molecule has 0 spiro atoms. The number of nitrogens with one attached hydrogen (secondary N) is 2. The molecule has 0 aliphatic heterocycles. The Morgan fingerprint density at radius 3 is 2.76 bits per heavy atom. The van der Waals surface area contributed by atoms with Crippen LogP contribution in [-0.2, 0) is 16.1 Å². The summed E-state index contributed by atoms with van der Waals surface area (Å²) in [5.41, 5.74) is 1.06. The number of hydrogen-bond acceptors (Lipinski definition) is 4. The first kappa shape index (κ1) is 16.8. The lowest BCUT2D eigenvalue weighted by atomic mass is 10.2. The Kier molecular flexibility index (Phi) is 7.71. The number of aliphatic imine (C=N–C) groups is 1. The molecule has 0 atom stereocenters. The Balaban J connectivity index is 2.55. The van der Waals surface area contributed by atoms with Crippen LogP contribution in [0, 0.1) is 0 Å². The summed E-state index contributed by atoms with van der Waals surface area (Å²) in [6, 6.07) is 7.76. The van der Waals surface area contributed by atoms with Crippen LogP contribution in [0.2, 0.25) is 0 Å². The van der Waals surface area contributed by atoms with E-state index >= 15 is 0 Å². The fraction of sp³-hybridized carbons (Fsp3) is 0.467. The van der Waals surface area contributed by atoms with Gasteiger partial charge >= 0.3 is 5.97 Å². The molecule has 1 aromatic carbocycles. The molecule has 2 N–H and O–H groups in total. The van der Waals surface area contributed by atoms with Crippen LogP contribution in [0.25, 0.3) is 0 Å². The molecule has 0 saturated carbocycles. The van der Waals surface area contributed by atoms with Crippen molar-refractivity contribution in [3.8, 4) is 5.75 Å². The van der Waals surface area contributed by atoms with Gasteiger partial charge in [-0.3, -0.25) is 4.79 Å². The summed E-state index contributed by atoms with van der Waals surface area (Å²) >= 11 is 0. The first-order valence-corrected chi connectivity index (χ1v) is 6.91. The van der Waals surface area contributed by atoms with Gasteiger partial charge in [0.1, 0.15) is 5.75 Å². The number of guanidine groups is 1. The van der Waals surface area contributed by atoms with E-state index in [9.17, 15) is 4.79 Å². The summed E-state index contributed by atoms with van der Waals surface area (Å²) < 4.78 is 9.78. The number of nitrogens with zero attached hydrogens (tertiary/aromatic N) is 1. The zero-order valence-corrected chi connectivity index (χ0v) is 12.8. The highest BCUT2D eigenvalue weighted by Crippen LogP contribution is 2.12. The maximum atomic E-state index is 11.1. The van der Waals surface area contributed by atoms with Gasteiger partial charge in [-0.05, 0) is 24.6 Å². The highest BCUT2D eigenvalue weighted by Gasteiger charge is 2.02. The van der Waals surface area contributed by atoms with Crippen LogP contribution in [0.3, 0.4) is 0 Å². The molecule has 1 aromatic rings. The number of rotatable bonds is 7. The van der Waals surface area contributed by atoms with Gasteiger partial charge in [-0.1, -0.05) is 12.1 Å². The van der Waals surface area contributed by atoms with Crippen molar-refractivity contribution in [2.45, 2.75) is 19.9 Å². The lowest BCUT2D eigenvalue weighted by Gasteiger charge is -2.11. The average Bonchev–Trinajstić information content (AvgIpc) is 2.52. The van der Waals surface area contributed by atoms with E-state index in [1.54, 1.807) is 7.11 Å². The molecule has 0 aliphatic rings. The van der Waals surface area contributed by atoms with Crippen LogP contribution >= 0.6 is 0 Å². The normalized spacial score (nSPS) is 10.9. The molecule has 0 amide bonds. The van der Waals surface area contributed by atoms with Crippen LogP contribution in [0.5, 0.6) is 5.75 Å². The number of esters is 1. The summed E-state index contributed by atoms with van der Waals surface area (Å²) in [7, 11) is 3.02. The Morgan fingerprint density at radius 2 is 2.10 bits per heavy atom. The molecule has 0 unspecified atom stereocenters. The third kappa shape index (κ3) is 6.65. The largest absolute Gasteiger partial charge is 0.497 e. The first-order chi connectivity index (χ1) is 10.2. The molecule has 0 heterocycles. The fourth-order valence-electron chi connectivity index (χ4n) is 1.67. The number of ether oxygens (including phenoxy) is 2. The van der Waals surface area contributed by atoms with Crippen molar-refractivity contribution in [2.75, 3.05) is 27.3 Å². The monoisotopic (exact) mass is 293 g/mol. The quantitative estimate of drug-likeness (QED) is 0.450. The molecular weight excluding hydrogens is 270 g/mol. The Morgan fingerprint density at radius 1 is 1.29 bits per heavy atom. The Labute approximate surface area is 125 Å². The van der Waals surface area contributed by atoms with Gasteiger partial charge in [0.05, 0.1) is 27.2 Å². The lowest BCUT2D eigenvalue weighted by molar-refractivity contribution is -0.140. The summed E-state index contributed by atoms with van der Waals surface area (Å²) in [6.45, 7) is 3.76. The van der Waals surface area contributed by atoms with Gasteiger partial charge in [-0.15, -0.1) is 0 Å². The van der Waals surface area contributed by atoms with Crippen molar-refractivity contribution in [1.82, 2.24) is 10.6 Å². The van der Waals surface area contributed by atoms with Crippen molar-refractivity contribution in [2.24, 2.45) is 4.99 Å². The number of carbonyl (C=O) groups is 1. The number of carbonyl (C=O) groups excluding carboxylic acids is 1. The van der Waals surface area contributed by atoms with Crippen LogP contribution in [-0.4, -0.2) is 39.2 Å². The number of benzene rings is 1. The summed E-state index contributed by atoms with van der Waals surface area (Å²) in [5, 5.41) is 6.22. The van der Waals surface area contributed by atoms with E-state index in [-0.39, 0.29) is 5.97 Å². The molecule has 0 aromatic heterocycles. The predicted octanol–water partition coefficient (Wildman–Crippen LogP) is 1.31. The molecule has 6 nitrogen and oxygen atoms in total. The van der Waals surface area contributed by atoms with Crippen LogP contribution in [0.4, 0.5) is 0 Å². The SMILES string of the molecule is CCNC(=NCc1cccc(OC)c1)NCCC(=O)OC. The van der Waals surface area contributed by atoms with Gasteiger partial charge in [-0.2, -0.15) is 0 Å². The van der Waals surface area contributed by atoms with Gasteiger partial charge in [0.15, 0.2) is 5.96 Å². The second-order valence-electron chi connectivity index (χ2n) is 4.30. The minimum Gasteiger partial charge on any atom is -0.497 e. The van der Waals surface area contributed by atoms with Crippen molar-refractivity contribution in [1.29, 1.82) is 0 Å². The summed E-state index contributed by atoms with van der Waals surface area (Å²) in [6.07, 6.45) is 0.306. The highest BCUT2D eigenvalue weighted by atomic mass is 16.5. The average molecular weight is 293 g/mol. The topological polar surface area (TPSA) is 72.0 Å². The third-order valence-corrected chi connectivity index (χ3v) is 2.75. The molecule has 0 aliphatic carbocycles. The molecule has 21 heavy (non-hydrogen) atoms. The van der Waals surface area contributed by atoms with Crippen molar-refractivity contribution in [3.63, 3.8) is 0 Å². The van der Waals surface area contributed by atoms with Gasteiger partial charge < -0.3 is 20.1 Å². The van der Waals surface area contributed by atoms with Crippen LogP contribution in [0.15, 0.2) is 29.3 Å². The second-order valence-corrected chi connectivity index (χ2v) is 4.30. The molecule has 1 rings (SSSR count). The molecule has 0 bridgehead atoms. The van der Waals surface area contributed by atoms with E-state index in [0.717, 1.165) is 17.9 Å². The Hall–Kier alpha value is -2.24. The maximum absolute atomic E-state index is 11.1. The maximum Gasteiger partial charge on any atom is 0.307 e. The third-order valence-electron chi connectivity index (χ3n) is 2.75. The number of methoxy groups -OCH3 is 2. The molecule has 6 heteroatoms. The van der Waals surface area contributed by atoms with Crippen molar-refractivity contribution in [3.05, 3.63) is 29.8 Å². The molecule has 0 saturated heterocycles. The molecule has 0 radical (unpaired) electrons. The highest BCUT2D eigenvalue weighted by molar-refractivity contribution is 5.80. The van der Waals surface area contributed by atoms with Gasteiger partial charge in [0.2, 0.25) is 0 Å². The van der Waals surface area contributed by atoms with E-state index in [0.29, 0.717) is 25.5 Å². The Bertz CT molecular complexity index is 475. The zero-order valence-electron chi connectivity index (χ0n) is 12.8. The van der Waals surface area contributed by atoms with E-state index in [1.165, 1.54) is 7.11 Å². The minimum atomic E-state index is -0.244. The second kappa shape index (κ2) is 9.63. The van der Waals surface area contributed by atoms with E-state index in [4.69, 9.17) is 4.74 Å². The van der Waals surface area contributed by atoms with Gasteiger partial charge in [0.25, 0.3) is 0 Å². The smallest absolute Gasteiger partial charge is 0.307 e. The molecule has 116 valence electrons. The lowest BCUT2D eigenvalue weighted by Crippen LogP contribution is -2.38. The molecule has 0 fully saturated rings. The van der Waals surface area contributed by atoms with Gasteiger partial charge in [-0.25, -0.2) is 4.99 Å². The fourth-order valence-corrected chi connectivity index (χ4v) is 1.67.